The molecule has 74 valence electrons. The van der Waals surface area contributed by atoms with Gasteiger partial charge in [0.05, 0.1) is 0 Å². The quantitative estimate of drug-likeness (QED) is 0.663. The third-order valence-corrected chi connectivity index (χ3v) is 2.87. The van der Waals surface area contributed by atoms with Gasteiger partial charge in [0.2, 0.25) is 0 Å². The molecule has 3 heterocycles. The van der Waals surface area contributed by atoms with Crippen LogP contribution in [0.4, 0.5) is 5.82 Å². The second kappa shape index (κ2) is 2.99. The van der Waals surface area contributed by atoms with Crippen molar-refractivity contribution < 1.29 is 4.63 Å². The first-order valence-electron chi connectivity index (χ1n) is 4.14. The molecule has 3 rings (SSSR count). The molecule has 0 aliphatic carbocycles. The van der Waals surface area contributed by atoms with E-state index in [1.165, 1.54) is 11.3 Å². The Morgan fingerprint density at radius 3 is 3.00 bits per heavy atom. The van der Waals surface area contributed by atoms with E-state index < -0.39 is 0 Å². The number of nitrogens with zero attached hydrogens (tertiary/aromatic N) is 4. The largest absolute Gasteiger partial charge is 0.379 e. The van der Waals surface area contributed by atoms with Gasteiger partial charge in [-0.25, -0.2) is 14.6 Å². The van der Waals surface area contributed by atoms with Crippen LogP contribution < -0.4 is 5.73 Å². The topological polar surface area (TPSA) is 90.7 Å². The summed E-state index contributed by atoms with van der Waals surface area (Å²) in [5.74, 6) is 0.244. The number of aromatic nitrogens is 4. The fourth-order valence-corrected chi connectivity index (χ4v) is 2.11. The first-order valence-corrected chi connectivity index (χ1v) is 4.96. The average molecular weight is 219 g/mol. The number of fused-ring (bicyclic) bond motifs is 1. The molecule has 0 fully saturated rings. The number of hydrogen-bond acceptors (Lipinski definition) is 7. The third kappa shape index (κ3) is 1.24. The van der Waals surface area contributed by atoms with Crippen molar-refractivity contribution in [1.82, 2.24) is 20.3 Å². The van der Waals surface area contributed by atoms with E-state index in [0.717, 1.165) is 10.3 Å². The first-order chi connectivity index (χ1) is 7.34. The number of anilines is 1. The van der Waals surface area contributed by atoms with Crippen LogP contribution in [0.25, 0.3) is 21.0 Å². The SMILES string of the molecule is Nc1nonc1-c1nc2cccnc2s1. The van der Waals surface area contributed by atoms with E-state index in [9.17, 15) is 0 Å². The van der Waals surface area contributed by atoms with Crippen molar-refractivity contribution in [2.75, 3.05) is 5.73 Å². The second-order valence-electron chi connectivity index (χ2n) is 2.84. The molecule has 0 saturated heterocycles. The van der Waals surface area contributed by atoms with Crippen LogP contribution in [0.5, 0.6) is 0 Å². The van der Waals surface area contributed by atoms with E-state index in [0.29, 0.717) is 10.7 Å². The Balaban J connectivity index is 2.24. The molecule has 15 heavy (non-hydrogen) atoms. The summed E-state index contributed by atoms with van der Waals surface area (Å²) in [6, 6.07) is 3.71. The molecule has 0 aliphatic rings. The summed E-state index contributed by atoms with van der Waals surface area (Å²) < 4.78 is 4.52. The van der Waals surface area contributed by atoms with Crippen LogP contribution in [-0.4, -0.2) is 20.3 Å². The molecule has 3 aromatic heterocycles. The lowest BCUT2D eigenvalue weighted by Crippen LogP contribution is -1.87. The highest BCUT2D eigenvalue weighted by Gasteiger charge is 2.14. The minimum absolute atomic E-state index is 0.244. The smallest absolute Gasteiger partial charge is 0.198 e. The van der Waals surface area contributed by atoms with Crippen LogP contribution in [0.3, 0.4) is 0 Å². The van der Waals surface area contributed by atoms with Crippen LogP contribution in [0.2, 0.25) is 0 Å². The average Bonchev–Trinajstić information content (AvgIpc) is 2.82. The van der Waals surface area contributed by atoms with Crippen LogP contribution in [0.1, 0.15) is 0 Å². The standard InChI is InChI=1S/C8H5N5OS/c9-6-5(12-14-13-6)8-11-4-2-1-3-10-7(4)15-8/h1-3H,(H2,9,13). The van der Waals surface area contributed by atoms with Crippen LogP contribution in [-0.2, 0) is 0 Å². The van der Waals surface area contributed by atoms with Crippen LogP contribution >= 0.6 is 11.3 Å². The molecule has 0 aliphatic heterocycles. The molecule has 0 radical (unpaired) electrons. The van der Waals surface area contributed by atoms with Gasteiger partial charge < -0.3 is 5.73 Å². The molecule has 3 aromatic rings. The number of nitrogen functional groups attached to an aromatic ring is 1. The van der Waals surface area contributed by atoms with Gasteiger partial charge in [0.25, 0.3) is 0 Å². The van der Waals surface area contributed by atoms with Gasteiger partial charge in [-0.05, 0) is 22.4 Å². The van der Waals surface area contributed by atoms with Gasteiger partial charge in [0.1, 0.15) is 10.3 Å². The molecular formula is C8H5N5OS. The van der Waals surface area contributed by atoms with Gasteiger partial charge in [0.15, 0.2) is 16.5 Å². The zero-order chi connectivity index (χ0) is 10.3. The monoisotopic (exact) mass is 219 g/mol. The Morgan fingerprint density at radius 1 is 1.33 bits per heavy atom. The van der Waals surface area contributed by atoms with Crippen molar-refractivity contribution in [1.29, 1.82) is 0 Å². The van der Waals surface area contributed by atoms with Crippen molar-refractivity contribution >= 4 is 27.5 Å². The van der Waals surface area contributed by atoms with Gasteiger partial charge in [-0.1, -0.05) is 11.3 Å². The number of nitrogens with two attached hydrogens (primary N) is 1. The fourth-order valence-electron chi connectivity index (χ4n) is 1.21. The summed E-state index contributed by atoms with van der Waals surface area (Å²) >= 11 is 1.40. The highest BCUT2D eigenvalue weighted by molar-refractivity contribution is 7.21. The number of pyridine rings is 1. The van der Waals surface area contributed by atoms with Crippen molar-refractivity contribution in [3.8, 4) is 10.7 Å². The van der Waals surface area contributed by atoms with Crippen molar-refractivity contribution in [3.05, 3.63) is 18.3 Å². The van der Waals surface area contributed by atoms with Gasteiger partial charge in [-0.2, -0.15) is 0 Å². The predicted molar refractivity (Wildman–Crippen MR) is 55.1 cm³/mol. The minimum Gasteiger partial charge on any atom is -0.379 e. The van der Waals surface area contributed by atoms with Gasteiger partial charge in [0, 0.05) is 6.20 Å². The highest BCUT2D eigenvalue weighted by Crippen LogP contribution is 2.29. The summed E-state index contributed by atoms with van der Waals surface area (Å²) in [6.45, 7) is 0. The van der Waals surface area contributed by atoms with Crippen molar-refractivity contribution in [2.45, 2.75) is 0 Å². The Labute approximate surface area is 87.7 Å². The summed E-state index contributed by atoms with van der Waals surface area (Å²) in [6.07, 6.45) is 1.72. The lowest BCUT2D eigenvalue weighted by molar-refractivity contribution is 0.310. The maximum Gasteiger partial charge on any atom is 0.198 e. The van der Waals surface area contributed by atoms with E-state index in [1.54, 1.807) is 6.20 Å². The molecule has 7 heteroatoms. The molecule has 0 bridgehead atoms. The van der Waals surface area contributed by atoms with Gasteiger partial charge in [-0.15, -0.1) is 0 Å². The van der Waals surface area contributed by atoms with Crippen LogP contribution in [0.15, 0.2) is 23.0 Å². The van der Waals surface area contributed by atoms with E-state index in [1.807, 2.05) is 12.1 Å². The normalized spacial score (nSPS) is 10.9. The fraction of sp³-hybridized carbons (Fsp3) is 0. The highest BCUT2D eigenvalue weighted by atomic mass is 32.1. The van der Waals surface area contributed by atoms with Gasteiger partial charge in [-0.3, -0.25) is 0 Å². The molecule has 0 amide bonds. The molecule has 2 N–H and O–H groups in total. The zero-order valence-electron chi connectivity index (χ0n) is 7.41. The van der Waals surface area contributed by atoms with E-state index >= 15 is 0 Å². The Kier molecular flexibility index (Phi) is 1.65. The maximum atomic E-state index is 5.57. The Bertz CT molecular complexity index is 583. The van der Waals surface area contributed by atoms with Crippen molar-refractivity contribution in [3.63, 3.8) is 0 Å². The summed E-state index contributed by atoms with van der Waals surface area (Å²) in [4.78, 5) is 9.35. The molecule has 0 saturated carbocycles. The zero-order valence-corrected chi connectivity index (χ0v) is 8.23. The molecule has 0 atom stereocenters. The molecule has 0 aromatic carbocycles. The molecule has 0 spiro atoms. The van der Waals surface area contributed by atoms with E-state index in [2.05, 4.69) is 24.9 Å². The molecule has 6 nitrogen and oxygen atoms in total. The molecular weight excluding hydrogens is 214 g/mol. The summed E-state index contributed by atoms with van der Waals surface area (Å²) in [5.41, 5.74) is 6.86. The van der Waals surface area contributed by atoms with Gasteiger partial charge >= 0.3 is 0 Å². The lowest BCUT2D eigenvalue weighted by atomic mass is 10.4. The Morgan fingerprint density at radius 2 is 2.27 bits per heavy atom. The number of hydrogen-bond donors (Lipinski definition) is 1. The van der Waals surface area contributed by atoms with E-state index in [4.69, 9.17) is 5.73 Å². The van der Waals surface area contributed by atoms with E-state index in [-0.39, 0.29) is 5.82 Å². The predicted octanol–water partition coefficient (Wildman–Crippen LogP) is 1.32. The first kappa shape index (κ1) is 8.30. The molecule has 0 unspecified atom stereocenters. The lowest BCUT2D eigenvalue weighted by Gasteiger charge is -1.84. The number of rotatable bonds is 1. The summed E-state index contributed by atoms with van der Waals surface area (Å²) in [7, 11) is 0. The Hall–Kier alpha value is -2.02. The second-order valence-corrected chi connectivity index (χ2v) is 3.82. The summed E-state index contributed by atoms with van der Waals surface area (Å²) in [5, 5.41) is 7.86. The van der Waals surface area contributed by atoms with Crippen LogP contribution in [0, 0.1) is 0 Å². The minimum atomic E-state index is 0.244. The third-order valence-electron chi connectivity index (χ3n) is 1.88. The van der Waals surface area contributed by atoms with Crippen molar-refractivity contribution in [2.24, 2.45) is 0 Å². The maximum absolute atomic E-state index is 5.57. The number of thiazole rings is 1.